The van der Waals surface area contributed by atoms with Gasteiger partial charge in [0.1, 0.15) is 10.7 Å². The molecular weight excluding hydrogens is 439 g/mol. The fraction of sp³-hybridized carbons (Fsp3) is 0.269. The van der Waals surface area contributed by atoms with Gasteiger partial charge in [0.05, 0.1) is 6.04 Å². The summed E-state index contributed by atoms with van der Waals surface area (Å²) in [5, 5.41) is 0. The summed E-state index contributed by atoms with van der Waals surface area (Å²) in [7, 11) is -1.36. The Kier molecular flexibility index (Phi) is 6.36. The first-order valence-corrected chi connectivity index (χ1v) is 12.3. The number of aryl methyl sites for hydroxylation is 2. The van der Waals surface area contributed by atoms with Gasteiger partial charge >= 0.3 is 0 Å². The van der Waals surface area contributed by atoms with Crippen LogP contribution >= 0.6 is 0 Å². The van der Waals surface area contributed by atoms with E-state index in [9.17, 15) is 17.6 Å². The molecule has 5 nitrogen and oxygen atoms in total. The molecule has 0 spiro atoms. The summed E-state index contributed by atoms with van der Waals surface area (Å²) in [5.41, 5.74) is 4.55. The standard InChI is InChI=1S/C26H27FN2O3S/c1-18-8-10-19(11-9-18)17-29(24-15-13-20-6-4-5-7-22(20)24)26(30)21-12-14-23(27)25(16-21)33(31,32)28(2)3/h4-12,14,16,24H,13,15,17H2,1-3H3. The van der Waals surface area contributed by atoms with Crippen LogP contribution in [-0.2, 0) is 23.0 Å². The second-order valence-electron chi connectivity index (χ2n) is 8.60. The van der Waals surface area contributed by atoms with Crippen molar-refractivity contribution in [2.75, 3.05) is 14.1 Å². The van der Waals surface area contributed by atoms with Gasteiger partial charge in [0.2, 0.25) is 10.0 Å². The zero-order valence-corrected chi connectivity index (χ0v) is 19.8. The molecule has 0 fully saturated rings. The van der Waals surface area contributed by atoms with Gasteiger partial charge in [0.15, 0.2) is 0 Å². The second kappa shape index (κ2) is 9.08. The maximum atomic E-state index is 14.4. The number of carbonyl (C=O) groups is 1. The lowest BCUT2D eigenvalue weighted by atomic mass is 10.0. The van der Waals surface area contributed by atoms with Gasteiger partial charge in [-0.15, -0.1) is 0 Å². The van der Waals surface area contributed by atoms with E-state index in [1.54, 1.807) is 4.90 Å². The van der Waals surface area contributed by atoms with Crippen LogP contribution in [0.25, 0.3) is 0 Å². The first-order valence-electron chi connectivity index (χ1n) is 10.8. The Hall–Kier alpha value is -3.03. The molecule has 33 heavy (non-hydrogen) atoms. The molecule has 0 radical (unpaired) electrons. The van der Waals surface area contributed by atoms with E-state index in [-0.39, 0.29) is 17.5 Å². The highest BCUT2D eigenvalue weighted by atomic mass is 32.2. The van der Waals surface area contributed by atoms with Crippen LogP contribution < -0.4 is 0 Å². The lowest BCUT2D eigenvalue weighted by Gasteiger charge is -2.30. The number of halogens is 1. The molecule has 1 aliphatic carbocycles. The Morgan fingerprint density at radius 3 is 2.42 bits per heavy atom. The Morgan fingerprint density at radius 1 is 1.03 bits per heavy atom. The van der Waals surface area contributed by atoms with Gasteiger partial charge in [-0.1, -0.05) is 54.1 Å². The molecule has 3 aromatic carbocycles. The molecule has 1 amide bonds. The number of amides is 1. The van der Waals surface area contributed by atoms with Crippen LogP contribution in [0.5, 0.6) is 0 Å². The minimum Gasteiger partial charge on any atom is -0.327 e. The average Bonchev–Trinajstić information content (AvgIpc) is 3.22. The molecular formula is C26H27FN2O3S. The number of benzene rings is 3. The zero-order valence-electron chi connectivity index (χ0n) is 19.0. The molecule has 0 aliphatic heterocycles. The second-order valence-corrected chi connectivity index (χ2v) is 10.7. The Bertz CT molecular complexity index is 1290. The first kappa shape index (κ1) is 23.1. The quantitative estimate of drug-likeness (QED) is 0.529. The van der Waals surface area contributed by atoms with Crippen molar-refractivity contribution in [3.63, 3.8) is 0 Å². The predicted molar refractivity (Wildman–Crippen MR) is 126 cm³/mol. The van der Waals surface area contributed by atoms with Crippen molar-refractivity contribution >= 4 is 15.9 Å². The van der Waals surface area contributed by atoms with Crippen LogP contribution in [0.1, 0.15) is 45.1 Å². The monoisotopic (exact) mass is 466 g/mol. The molecule has 0 saturated carbocycles. The van der Waals surface area contributed by atoms with Crippen LogP contribution in [0.2, 0.25) is 0 Å². The third-order valence-corrected chi connectivity index (χ3v) is 7.98. The normalized spacial score (nSPS) is 15.5. The maximum Gasteiger partial charge on any atom is 0.254 e. The highest BCUT2D eigenvalue weighted by Gasteiger charge is 2.32. The lowest BCUT2D eigenvalue weighted by Crippen LogP contribution is -2.34. The summed E-state index contributed by atoms with van der Waals surface area (Å²) in [5.74, 6) is -1.20. The fourth-order valence-electron chi connectivity index (χ4n) is 4.27. The number of hydrogen-bond donors (Lipinski definition) is 0. The van der Waals surface area contributed by atoms with Crippen molar-refractivity contribution in [3.05, 3.63) is 100 Å². The van der Waals surface area contributed by atoms with Crippen LogP contribution in [0, 0.1) is 12.7 Å². The summed E-state index contributed by atoms with van der Waals surface area (Å²) in [6.07, 6.45) is 1.64. The summed E-state index contributed by atoms with van der Waals surface area (Å²) in [4.78, 5) is 15.0. The van der Waals surface area contributed by atoms with Crippen molar-refractivity contribution < 1.29 is 17.6 Å². The average molecular weight is 467 g/mol. The molecule has 0 aromatic heterocycles. The van der Waals surface area contributed by atoms with E-state index in [0.717, 1.165) is 46.0 Å². The predicted octanol–water partition coefficient (Wildman–Crippen LogP) is 4.71. The molecule has 0 saturated heterocycles. The van der Waals surface area contributed by atoms with Gasteiger partial charge < -0.3 is 4.90 Å². The first-order chi connectivity index (χ1) is 15.7. The van der Waals surface area contributed by atoms with E-state index in [4.69, 9.17) is 0 Å². The third kappa shape index (κ3) is 4.56. The smallest absolute Gasteiger partial charge is 0.254 e. The molecule has 0 heterocycles. The van der Waals surface area contributed by atoms with E-state index < -0.39 is 20.7 Å². The van der Waals surface area contributed by atoms with E-state index in [0.29, 0.717) is 6.54 Å². The molecule has 0 N–H and O–H groups in total. The largest absolute Gasteiger partial charge is 0.327 e. The van der Waals surface area contributed by atoms with Crippen molar-refractivity contribution in [2.45, 2.75) is 37.2 Å². The lowest BCUT2D eigenvalue weighted by molar-refractivity contribution is 0.0658. The Balaban J connectivity index is 1.76. The number of sulfonamides is 1. The molecule has 7 heteroatoms. The highest BCUT2D eigenvalue weighted by molar-refractivity contribution is 7.89. The molecule has 172 valence electrons. The number of hydrogen-bond acceptors (Lipinski definition) is 3. The molecule has 0 bridgehead atoms. The number of carbonyl (C=O) groups excluding carboxylic acids is 1. The van der Waals surface area contributed by atoms with Gasteiger partial charge in [0, 0.05) is 26.2 Å². The van der Waals surface area contributed by atoms with Crippen molar-refractivity contribution in [3.8, 4) is 0 Å². The molecule has 1 unspecified atom stereocenters. The molecule has 4 rings (SSSR count). The zero-order chi connectivity index (χ0) is 23.8. The SMILES string of the molecule is Cc1ccc(CN(C(=O)c2ccc(F)c(S(=O)(=O)N(C)C)c2)C2CCc3ccccc32)cc1. The van der Waals surface area contributed by atoms with Crippen molar-refractivity contribution in [1.29, 1.82) is 0 Å². The van der Waals surface area contributed by atoms with Crippen molar-refractivity contribution in [1.82, 2.24) is 9.21 Å². The Morgan fingerprint density at radius 2 is 1.73 bits per heavy atom. The van der Waals surface area contributed by atoms with E-state index in [2.05, 4.69) is 6.07 Å². The van der Waals surface area contributed by atoms with Gasteiger partial charge in [-0.2, -0.15) is 0 Å². The topological polar surface area (TPSA) is 57.7 Å². The maximum absolute atomic E-state index is 14.4. The molecule has 1 aliphatic rings. The Labute approximate surface area is 194 Å². The van der Waals surface area contributed by atoms with Gasteiger partial charge in [-0.25, -0.2) is 17.1 Å². The number of fused-ring (bicyclic) bond motifs is 1. The number of nitrogens with zero attached hydrogens (tertiary/aromatic N) is 2. The third-order valence-electron chi connectivity index (χ3n) is 6.15. The minimum atomic E-state index is -4.03. The summed E-state index contributed by atoms with van der Waals surface area (Å²) < 4.78 is 40.6. The van der Waals surface area contributed by atoms with Gasteiger partial charge in [0.25, 0.3) is 5.91 Å². The van der Waals surface area contributed by atoms with Gasteiger partial charge in [-0.05, 0) is 54.7 Å². The van der Waals surface area contributed by atoms with Crippen LogP contribution in [-0.4, -0.2) is 37.6 Å². The van der Waals surface area contributed by atoms with E-state index in [1.165, 1.54) is 25.7 Å². The fourth-order valence-corrected chi connectivity index (χ4v) is 5.25. The minimum absolute atomic E-state index is 0.144. The van der Waals surface area contributed by atoms with Crippen LogP contribution in [0.3, 0.4) is 0 Å². The van der Waals surface area contributed by atoms with Crippen molar-refractivity contribution in [2.24, 2.45) is 0 Å². The van der Waals surface area contributed by atoms with Crippen LogP contribution in [0.15, 0.2) is 71.6 Å². The molecule has 1 atom stereocenters. The summed E-state index contributed by atoms with van der Waals surface area (Å²) in [6.45, 7) is 2.37. The summed E-state index contributed by atoms with van der Waals surface area (Å²) in [6, 6.07) is 19.5. The van der Waals surface area contributed by atoms with Crippen LogP contribution in [0.4, 0.5) is 4.39 Å². The van der Waals surface area contributed by atoms with E-state index in [1.807, 2.05) is 49.4 Å². The van der Waals surface area contributed by atoms with Gasteiger partial charge in [-0.3, -0.25) is 4.79 Å². The summed E-state index contributed by atoms with van der Waals surface area (Å²) >= 11 is 0. The number of rotatable bonds is 6. The molecule has 3 aromatic rings. The highest BCUT2D eigenvalue weighted by Crippen LogP contribution is 2.37. The van der Waals surface area contributed by atoms with E-state index >= 15 is 0 Å².